The number of benzene rings is 1. The number of likely N-dealkylation sites (N-methyl/N-ethyl adjacent to an activating group) is 1. The van der Waals surface area contributed by atoms with Crippen LogP contribution in [0, 0.1) is 0 Å². The minimum absolute atomic E-state index is 0.113. The van der Waals surface area contributed by atoms with Gasteiger partial charge < -0.3 is 24.2 Å². The molecule has 0 aromatic heterocycles. The van der Waals surface area contributed by atoms with Crippen LogP contribution in [0.1, 0.15) is 33.3 Å². The van der Waals surface area contributed by atoms with E-state index in [0.29, 0.717) is 18.0 Å². The molecule has 27 heavy (non-hydrogen) atoms. The van der Waals surface area contributed by atoms with Crippen molar-refractivity contribution >= 4 is 0 Å². The molecule has 0 unspecified atom stereocenters. The molecule has 6 heteroatoms. The highest BCUT2D eigenvalue weighted by atomic mass is 16.5. The predicted molar refractivity (Wildman–Crippen MR) is 108 cm³/mol. The third-order valence-electron chi connectivity index (χ3n) is 4.93. The molecule has 1 aromatic carbocycles. The van der Waals surface area contributed by atoms with Crippen LogP contribution in [0.2, 0.25) is 0 Å². The lowest BCUT2D eigenvalue weighted by molar-refractivity contribution is -0.0882. The van der Waals surface area contributed by atoms with Gasteiger partial charge in [-0.25, -0.2) is 0 Å². The Bertz CT molecular complexity index is 575. The minimum atomic E-state index is -0.529. The smallest absolute Gasteiger partial charge is 0.161 e. The van der Waals surface area contributed by atoms with E-state index in [1.165, 1.54) is 5.56 Å². The normalized spacial score (nSPS) is 18.5. The van der Waals surface area contributed by atoms with Gasteiger partial charge in [0.15, 0.2) is 11.5 Å². The minimum Gasteiger partial charge on any atom is -0.493 e. The molecule has 0 bridgehead atoms. The first-order valence-electron chi connectivity index (χ1n) is 9.93. The van der Waals surface area contributed by atoms with Crippen molar-refractivity contribution in [2.75, 3.05) is 53.0 Å². The van der Waals surface area contributed by atoms with Gasteiger partial charge in [0.2, 0.25) is 0 Å². The highest BCUT2D eigenvalue weighted by Gasteiger charge is 2.27. The second-order valence-corrected chi connectivity index (χ2v) is 7.75. The fraction of sp³-hybridized carbons (Fsp3) is 0.714. The van der Waals surface area contributed by atoms with Crippen molar-refractivity contribution in [3.63, 3.8) is 0 Å². The van der Waals surface area contributed by atoms with Crippen molar-refractivity contribution in [2.24, 2.45) is 0 Å². The number of aliphatic hydroxyl groups excluding tert-OH is 1. The van der Waals surface area contributed by atoms with E-state index in [1.54, 1.807) is 7.11 Å². The van der Waals surface area contributed by atoms with Crippen molar-refractivity contribution in [2.45, 2.75) is 45.9 Å². The molecule has 6 nitrogen and oxygen atoms in total. The fourth-order valence-corrected chi connectivity index (χ4v) is 3.46. The van der Waals surface area contributed by atoms with Gasteiger partial charge in [-0.3, -0.25) is 4.90 Å². The molecule has 1 aliphatic heterocycles. The molecular formula is C21H36N2O4. The maximum Gasteiger partial charge on any atom is 0.161 e. The summed E-state index contributed by atoms with van der Waals surface area (Å²) >= 11 is 0. The molecule has 1 aromatic rings. The topological polar surface area (TPSA) is 54.4 Å². The number of hydrogen-bond donors (Lipinski definition) is 1. The number of ether oxygens (including phenoxy) is 3. The second-order valence-electron chi connectivity index (χ2n) is 7.75. The van der Waals surface area contributed by atoms with Gasteiger partial charge in [0.05, 0.1) is 19.3 Å². The summed E-state index contributed by atoms with van der Waals surface area (Å²) < 4.78 is 17.1. The molecule has 1 N–H and O–H groups in total. The summed E-state index contributed by atoms with van der Waals surface area (Å²) in [4.78, 5) is 4.58. The molecule has 1 aliphatic rings. The molecule has 2 rings (SSSR count). The van der Waals surface area contributed by atoms with Gasteiger partial charge in [0.25, 0.3) is 0 Å². The second kappa shape index (κ2) is 10.3. The fourth-order valence-electron chi connectivity index (χ4n) is 3.46. The average Bonchev–Trinajstić information content (AvgIpc) is 2.63. The van der Waals surface area contributed by atoms with Crippen molar-refractivity contribution in [3.8, 4) is 11.5 Å². The van der Waals surface area contributed by atoms with Gasteiger partial charge in [0, 0.05) is 26.2 Å². The predicted octanol–water partition coefficient (Wildman–Crippen LogP) is 2.39. The molecule has 0 saturated carbocycles. The highest BCUT2D eigenvalue weighted by molar-refractivity contribution is 5.43. The lowest BCUT2D eigenvalue weighted by Gasteiger charge is -2.38. The molecule has 0 aliphatic carbocycles. The molecule has 1 heterocycles. The van der Waals surface area contributed by atoms with E-state index in [1.807, 2.05) is 12.1 Å². The van der Waals surface area contributed by atoms with E-state index in [-0.39, 0.29) is 12.2 Å². The Balaban J connectivity index is 1.98. The zero-order chi connectivity index (χ0) is 19.9. The van der Waals surface area contributed by atoms with Crippen molar-refractivity contribution in [1.29, 1.82) is 0 Å². The summed E-state index contributed by atoms with van der Waals surface area (Å²) in [6, 6.07) is 6.03. The molecule has 1 atom stereocenters. The summed E-state index contributed by atoms with van der Waals surface area (Å²) in [6.45, 7) is 14.6. The summed E-state index contributed by atoms with van der Waals surface area (Å²) in [5.41, 5.74) is 1.06. The standard InChI is InChI=1S/C21H36N2O4/c1-6-22(7-2)14-18(24)15-26-20-12-17(8-9-19(20)25-5)13-23-10-11-27-21(3,4)16-23/h8-9,12,18,24H,6-7,10-11,13-16H2,1-5H3/t18-/m1/s1. The van der Waals surface area contributed by atoms with Crippen LogP contribution in [0.5, 0.6) is 11.5 Å². The first kappa shape index (κ1) is 22.0. The third kappa shape index (κ3) is 6.96. The van der Waals surface area contributed by atoms with Gasteiger partial charge in [0.1, 0.15) is 12.7 Å². The van der Waals surface area contributed by atoms with E-state index in [2.05, 4.69) is 43.6 Å². The van der Waals surface area contributed by atoms with Crippen molar-refractivity contribution < 1.29 is 19.3 Å². The zero-order valence-electron chi connectivity index (χ0n) is 17.5. The summed E-state index contributed by atoms with van der Waals surface area (Å²) in [5.74, 6) is 1.37. The summed E-state index contributed by atoms with van der Waals surface area (Å²) in [7, 11) is 1.64. The number of nitrogens with zero attached hydrogens (tertiary/aromatic N) is 2. The van der Waals surface area contributed by atoms with Crippen LogP contribution in [0.4, 0.5) is 0 Å². The van der Waals surface area contributed by atoms with Gasteiger partial charge >= 0.3 is 0 Å². The number of morpholine rings is 1. The largest absolute Gasteiger partial charge is 0.493 e. The van der Waals surface area contributed by atoms with E-state index < -0.39 is 6.10 Å². The highest BCUT2D eigenvalue weighted by Crippen LogP contribution is 2.29. The van der Waals surface area contributed by atoms with Gasteiger partial charge in [-0.05, 0) is 44.6 Å². The maximum absolute atomic E-state index is 10.3. The van der Waals surface area contributed by atoms with Crippen LogP contribution in [-0.2, 0) is 11.3 Å². The molecule has 0 spiro atoms. The Morgan fingerprint density at radius 3 is 2.63 bits per heavy atom. The maximum atomic E-state index is 10.3. The number of methoxy groups -OCH3 is 1. The van der Waals surface area contributed by atoms with Crippen LogP contribution < -0.4 is 9.47 Å². The first-order chi connectivity index (χ1) is 12.9. The van der Waals surface area contributed by atoms with Crippen molar-refractivity contribution in [3.05, 3.63) is 23.8 Å². The molecule has 154 valence electrons. The van der Waals surface area contributed by atoms with Crippen LogP contribution in [0.3, 0.4) is 0 Å². The Labute approximate surface area is 164 Å². The Hall–Kier alpha value is -1.34. The van der Waals surface area contributed by atoms with Gasteiger partial charge in [-0.15, -0.1) is 0 Å². The zero-order valence-corrected chi connectivity index (χ0v) is 17.5. The quantitative estimate of drug-likeness (QED) is 0.673. The van der Waals surface area contributed by atoms with E-state index in [4.69, 9.17) is 14.2 Å². The molecule has 0 amide bonds. The molecule has 1 fully saturated rings. The Morgan fingerprint density at radius 2 is 2.00 bits per heavy atom. The van der Waals surface area contributed by atoms with Crippen LogP contribution in [-0.4, -0.2) is 79.7 Å². The molecule has 1 saturated heterocycles. The molecular weight excluding hydrogens is 344 g/mol. The monoisotopic (exact) mass is 380 g/mol. The Kier molecular flexibility index (Phi) is 8.35. The lowest BCUT2D eigenvalue weighted by atomic mass is 10.1. The third-order valence-corrected chi connectivity index (χ3v) is 4.93. The summed E-state index contributed by atoms with van der Waals surface area (Å²) in [6.07, 6.45) is -0.529. The van der Waals surface area contributed by atoms with E-state index in [0.717, 1.165) is 39.3 Å². The Morgan fingerprint density at radius 1 is 1.26 bits per heavy atom. The number of rotatable bonds is 10. The van der Waals surface area contributed by atoms with Gasteiger partial charge in [-0.1, -0.05) is 19.9 Å². The number of aliphatic hydroxyl groups is 1. The molecule has 0 radical (unpaired) electrons. The van der Waals surface area contributed by atoms with Gasteiger partial charge in [-0.2, -0.15) is 0 Å². The number of hydrogen-bond acceptors (Lipinski definition) is 6. The first-order valence-corrected chi connectivity index (χ1v) is 9.93. The van der Waals surface area contributed by atoms with Crippen LogP contribution >= 0.6 is 0 Å². The van der Waals surface area contributed by atoms with E-state index >= 15 is 0 Å². The van der Waals surface area contributed by atoms with Crippen LogP contribution in [0.15, 0.2) is 18.2 Å². The average molecular weight is 381 g/mol. The lowest BCUT2D eigenvalue weighted by Crippen LogP contribution is -2.47. The van der Waals surface area contributed by atoms with Crippen LogP contribution in [0.25, 0.3) is 0 Å². The SMILES string of the molecule is CCN(CC)C[C@@H](O)COc1cc(CN2CCOC(C)(C)C2)ccc1OC. The van der Waals surface area contributed by atoms with Crippen molar-refractivity contribution in [1.82, 2.24) is 9.80 Å². The summed E-state index contributed by atoms with van der Waals surface area (Å²) in [5, 5.41) is 10.3. The van der Waals surface area contributed by atoms with E-state index in [9.17, 15) is 5.11 Å².